The summed E-state index contributed by atoms with van der Waals surface area (Å²) < 4.78 is 42.5. The summed E-state index contributed by atoms with van der Waals surface area (Å²) in [6, 6.07) is 0. The lowest BCUT2D eigenvalue weighted by Gasteiger charge is -2.19. The number of nitrogens with one attached hydrogen (secondary N) is 1. The van der Waals surface area contributed by atoms with E-state index in [2.05, 4.69) is 0 Å². The maximum absolute atomic E-state index is 12.6. The highest BCUT2D eigenvalue weighted by molar-refractivity contribution is 5.74. The van der Waals surface area contributed by atoms with Gasteiger partial charge in [0.15, 0.2) is 5.96 Å². The van der Waals surface area contributed by atoms with E-state index in [0.29, 0.717) is 0 Å². The second-order valence-corrected chi connectivity index (χ2v) is 3.65. The van der Waals surface area contributed by atoms with E-state index < -0.39 is 18.0 Å². The number of halogens is 3. The summed E-state index contributed by atoms with van der Waals surface area (Å²) in [5.41, 5.74) is 5.16. The molecule has 1 saturated heterocycles. The van der Waals surface area contributed by atoms with E-state index in [4.69, 9.17) is 15.9 Å². The van der Waals surface area contributed by atoms with E-state index >= 15 is 0 Å². The van der Waals surface area contributed by atoms with Gasteiger partial charge in [0, 0.05) is 26.1 Å². The van der Waals surface area contributed by atoms with Crippen molar-refractivity contribution in [3.8, 4) is 0 Å². The van der Waals surface area contributed by atoms with Gasteiger partial charge in [-0.1, -0.05) is 0 Å². The first-order valence-electron chi connectivity index (χ1n) is 4.51. The van der Waals surface area contributed by atoms with E-state index in [1.165, 1.54) is 12.0 Å². The maximum atomic E-state index is 12.6. The number of guanidine groups is 1. The Hall–Kier alpha value is -0.980. The third kappa shape index (κ3) is 2.74. The Kier molecular flexibility index (Phi) is 3.43. The van der Waals surface area contributed by atoms with Crippen molar-refractivity contribution < 1.29 is 17.9 Å². The summed E-state index contributed by atoms with van der Waals surface area (Å²) >= 11 is 0. The molecule has 0 bridgehead atoms. The standard InChI is InChI=1S/C8H14F3N3O/c1-15-4-5-2-14(7(12)13)3-6(5)8(9,10)11/h5-6H,2-4H2,1H3,(H3,12,13)/t5-,6+/m1/s1. The third-order valence-corrected chi connectivity index (χ3v) is 2.58. The summed E-state index contributed by atoms with van der Waals surface area (Å²) in [4.78, 5) is 1.22. The van der Waals surface area contributed by atoms with Crippen LogP contribution >= 0.6 is 0 Å². The summed E-state index contributed by atoms with van der Waals surface area (Å²) in [5, 5.41) is 7.10. The Morgan fingerprint density at radius 3 is 2.53 bits per heavy atom. The number of alkyl halides is 3. The molecule has 0 unspecified atom stereocenters. The van der Waals surface area contributed by atoms with E-state index in [0.717, 1.165) is 0 Å². The van der Waals surface area contributed by atoms with E-state index in [1.54, 1.807) is 0 Å². The van der Waals surface area contributed by atoms with Crippen LogP contribution in [-0.2, 0) is 4.74 Å². The van der Waals surface area contributed by atoms with Crippen LogP contribution in [0.5, 0.6) is 0 Å². The Morgan fingerprint density at radius 2 is 2.13 bits per heavy atom. The van der Waals surface area contributed by atoms with Crippen molar-refractivity contribution >= 4 is 5.96 Å². The van der Waals surface area contributed by atoms with Crippen molar-refractivity contribution in [1.82, 2.24) is 4.90 Å². The Bertz CT molecular complexity index is 244. The molecule has 0 aliphatic carbocycles. The number of hydrogen-bond donors (Lipinski definition) is 2. The highest BCUT2D eigenvalue weighted by Crippen LogP contribution is 2.37. The number of hydrogen-bond acceptors (Lipinski definition) is 2. The normalized spacial score (nSPS) is 27.1. The third-order valence-electron chi connectivity index (χ3n) is 2.58. The molecule has 0 saturated carbocycles. The average molecular weight is 225 g/mol. The van der Waals surface area contributed by atoms with Crippen molar-refractivity contribution in [2.45, 2.75) is 6.18 Å². The van der Waals surface area contributed by atoms with Crippen LogP contribution in [0.4, 0.5) is 13.2 Å². The number of likely N-dealkylation sites (tertiary alicyclic amines) is 1. The van der Waals surface area contributed by atoms with Crippen molar-refractivity contribution in [2.75, 3.05) is 26.8 Å². The first kappa shape index (κ1) is 12.1. The quantitative estimate of drug-likeness (QED) is 0.535. The summed E-state index contributed by atoms with van der Waals surface area (Å²) in [5.74, 6) is -2.41. The predicted molar refractivity (Wildman–Crippen MR) is 48.4 cm³/mol. The van der Waals surface area contributed by atoms with Gasteiger partial charge in [-0.15, -0.1) is 0 Å². The number of nitrogens with zero attached hydrogens (tertiary/aromatic N) is 1. The number of methoxy groups -OCH3 is 1. The molecule has 0 spiro atoms. The van der Waals surface area contributed by atoms with Gasteiger partial charge in [0.1, 0.15) is 0 Å². The second kappa shape index (κ2) is 4.26. The lowest BCUT2D eigenvalue weighted by Crippen LogP contribution is -2.36. The first-order valence-corrected chi connectivity index (χ1v) is 4.51. The Morgan fingerprint density at radius 1 is 1.53 bits per heavy atom. The van der Waals surface area contributed by atoms with Gasteiger partial charge < -0.3 is 15.4 Å². The first-order chi connectivity index (χ1) is 6.86. The van der Waals surface area contributed by atoms with Crippen molar-refractivity contribution in [1.29, 1.82) is 5.41 Å². The van der Waals surface area contributed by atoms with Crippen molar-refractivity contribution in [3.63, 3.8) is 0 Å². The molecule has 1 rings (SSSR count). The second-order valence-electron chi connectivity index (χ2n) is 3.65. The van der Waals surface area contributed by atoms with Gasteiger partial charge in [-0.3, -0.25) is 5.41 Å². The monoisotopic (exact) mass is 225 g/mol. The molecule has 1 fully saturated rings. The molecule has 88 valence electrons. The minimum Gasteiger partial charge on any atom is -0.384 e. The Labute approximate surface area is 85.7 Å². The molecule has 7 heteroatoms. The van der Waals surface area contributed by atoms with Crippen LogP contribution in [0.3, 0.4) is 0 Å². The fourth-order valence-electron chi connectivity index (χ4n) is 1.82. The topological polar surface area (TPSA) is 62.3 Å². The number of nitrogens with two attached hydrogens (primary N) is 1. The van der Waals surface area contributed by atoms with Gasteiger partial charge in [0.2, 0.25) is 0 Å². The zero-order chi connectivity index (χ0) is 11.6. The molecule has 4 nitrogen and oxygen atoms in total. The van der Waals surface area contributed by atoms with Gasteiger partial charge in [-0.2, -0.15) is 13.2 Å². The lowest BCUT2D eigenvalue weighted by atomic mass is 9.96. The molecule has 0 aromatic rings. The summed E-state index contributed by atoms with van der Waals surface area (Å²) in [6.07, 6.45) is -4.26. The minimum absolute atomic E-state index is 0.0357. The highest BCUT2D eigenvalue weighted by atomic mass is 19.4. The predicted octanol–water partition coefficient (Wildman–Crippen LogP) is 0.637. The molecule has 3 N–H and O–H groups in total. The molecular formula is C8H14F3N3O. The van der Waals surface area contributed by atoms with Gasteiger partial charge in [0.05, 0.1) is 12.5 Å². The molecule has 0 radical (unpaired) electrons. The van der Waals surface area contributed by atoms with Gasteiger partial charge >= 0.3 is 6.18 Å². The molecule has 1 aliphatic heterocycles. The van der Waals surface area contributed by atoms with E-state index in [9.17, 15) is 13.2 Å². The van der Waals surface area contributed by atoms with Crippen LogP contribution in [-0.4, -0.2) is 43.8 Å². The SMILES string of the molecule is COC[C@H]1CN(C(=N)N)C[C@@H]1C(F)(F)F. The van der Waals surface area contributed by atoms with E-state index in [-0.39, 0.29) is 25.7 Å². The fourth-order valence-corrected chi connectivity index (χ4v) is 1.82. The van der Waals surface area contributed by atoms with Crippen LogP contribution in [0, 0.1) is 17.2 Å². The van der Waals surface area contributed by atoms with Crippen LogP contribution in [0.25, 0.3) is 0 Å². The van der Waals surface area contributed by atoms with Crippen LogP contribution < -0.4 is 5.73 Å². The molecule has 1 heterocycles. The van der Waals surface area contributed by atoms with Crippen LogP contribution in [0.15, 0.2) is 0 Å². The maximum Gasteiger partial charge on any atom is 0.393 e. The van der Waals surface area contributed by atoms with Crippen LogP contribution in [0.1, 0.15) is 0 Å². The smallest absolute Gasteiger partial charge is 0.384 e. The van der Waals surface area contributed by atoms with E-state index in [1.807, 2.05) is 0 Å². The van der Waals surface area contributed by atoms with Crippen molar-refractivity contribution in [3.05, 3.63) is 0 Å². The van der Waals surface area contributed by atoms with Gasteiger partial charge in [-0.05, 0) is 0 Å². The lowest BCUT2D eigenvalue weighted by molar-refractivity contribution is -0.183. The Balaban J connectivity index is 2.72. The molecule has 1 aliphatic rings. The minimum atomic E-state index is -4.26. The van der Waals surface area contributed by atoms with Crippen LogP contribution in [0.2, 0.25) is 0 Å². The molecule has 0 aromatic carbocycles. The largest absolute Gasteiger partial charge is 0.393 e. The zero-order valence-corrected chi connectivity index (χ0v) is 8.34. The summed E-state index contributed by atoms with van der Waals surface area (Å²) in [6.45, 7) is -0.0752. The average Bonchev–Trinajstić information content (AvgIpc) is 2.48. The molecule has 2 atom stereocenters. The number of rotatable bonds is 2. The number of ether oxygens (including phenoxy) is 1. The fraction of sp³-hybridized carbons (Fsp3) is 0.875. The van der Waals surface area contributed by atoms with Gasteiger partial charge in [0.25, 0.3) is 0 Å². The highest BCUT2D eigenvalue weighted by Gasteiger charge is 2.49. The van der Waals surface area contributed by atoms with Crippen molar-refractivity contribution in [2.24, 2.45) is 17.6 Å². The van der Waals surface area contributed by atoms with Gasteiger partial charge in [-0.25, -0.2) is 0 Å². The molecule has 0 aromatic heterocycles. The zero-order valence-electron chi connectivity index (χ0n) is 8.34. The summed E-state index contributed by atoms with van der Waals surface area (Å²) in [7, 11) is 1.36. The molecule has 15 heavy (non-hydrogen) atoms. The molecular weight excluding hydrogens is 211 g/mol. The molecule has 0 amide bonds.